The molecule has 1 atom stereocenters. The van der Waals surface area contributed by atoms with Crippen LogP contribution in [0.25, 0.3) is 0 Å². The van der Waals surface area contributed by atoms with Crippen LogP contribution in [0.15, 0.2) is 53.4 Å². The van der Waals surface area contributed by atoms with E-state index in [-0.39, 0.29) is 22.5 Å². The number of hydrogen-bond donors (Lipinski definition) is 2. The maximum Gasteiger partial charge on any atom is 0.255 e. The largest absolute Gasteiger partial charge is 0.376 e. The number of amides is 2. The van der Waals surface area contributed by atoms with Crippen LogP contribution in [0, 0.1) is 0 Å². The number of anilines is 1. The van der Waals surface area contributed by atoms with Gasteiger partial charge in [0.2, 0.25) is 10.0 Å². The number of para-hydroxylation sites is 1. The first-order valence-corrected chi connectivity index (χ1v) is 12.3. The molecule has 0 unspecified atom stereocenters. The van der Waals surface area contributed by atoms with Crippen LogP contribution in [0.3, 0.4) is 0 Å². The zero-order valence-corrected chi connectivity index (χ0v) is 18.6. The summed E-state index contributed by atoms with van der Waals surface area (Å²) < 4.78 is 32.6. The van der Waals surface area contributed by atoms with Gasteiger partial charge in [0.25, 0.3) is 11.8 Å². The van der Waals surface area contributed by atoms with Crippen molar-refractivity contribution >= 4 is 27.5 Å². The molecule has 0 aliphatic carbocycles. The van der Waals surface area contributed by atoms with Crippen LogP contribution in [0.4, 0.5) is 5.69 Å². The third-order valence-corrected chi connectivity index (χ3v) is 7.63. The van der Waals surface area contributed by atoms with Crippen molar-refractivity contribution in [2.45, 2.75) is 36.7 Å². The second-order valence-electron chi connectivity index (χ2n) is 7.98. The molecule has 2 aromatic carbocycles. The highest BCUT2D eigenvalue weighted by molar-refractivity contribution is 7.89. The molecule has 4 rings (SSSR count). The molecular weight excluding hydrogens is 430 g/mol. The molecule has 0 spiro atoms. The number of nitrogens with one attached hydrogen (secondary N) is 2. The van der Waals surface area contributed by atoms with E-state index in [1.54, 1.807) is 36.4 Å². The van der Waals surface area contributed by atoms with E-state index >= 15 is 0 Å². The summed E-state index contributed by atoms with van der Waals surface area (Å²) >= 11 is 0. The average Bonchev–Trinajstić information content (AvgIpc) is 3.52. The number of benzene rings is 2. The molecule has 0 bridgehead atoms. The zero-order chi connectivity index (χ0) is 22.6. The first-order valence-electron chi connectivity index (χ1n) is 10.9. The van der Waals surface area contributed by atoms with E-state index in [0.717, 1.165) is 25.7 Å². The topological polar surface area (TPSA) is 105 Å². The molecule has 0 radical (unpaired) electrons. The highest BCUT2D eigenvalue weighted by atomic mass is 32.2. The number of rotatable bonds is 7. The number of ether oxygens (including phenoxy) is 1. The summed E-state index contributed by atoms with van der Waals surface area (Å²) in [6, 6.07) is 12.7. The van der Waals surface area contributed by atoms with E-state index in [1.807, 2.05) is 0 Å². The maximum atomic E-state index is 12.9. The quantitative estimate of drug-likeness (QED) is 0.665. The van der Waals surface area contributed by atoms with Gasteiger partial charge in [0.1, 0.15) is 0 Å². The lowest BCUT2D eigenvalue weighted by Gasteiger charge is -2.16. The van der Waals surface area contributed by atoms with Crippen LogP contribution in [-0.4, -0.2) is 56.9 Å². The van der Waals surface area contributed by atoms with Crippen molar-refractivity contribution in [2.75, 3.05) is 31.6 Å². The summed E-state index contributed by atoms with van der Waals surface area (Å²) in [7, 11) is -3.63. The first kappa shape index (κ1) is 22.4. The van der Waals surface area contributed by atoms with Crippen LogP contribution >= 0.6 is 0 Å². The zero-order valence-electron chi connectivity index (χ0n) is 17.7. The lowest BCUT2D eigenvalue weighted by Crippen LogP contribution is -2.32. The number of carbonyl (C=O) groups is 2. The third-order valence-electron chi connectivity index (χ3n) is 5.73. The summed E-state index contributed by atoms with van der Waals surface area (Å²) in [6.07, 6.45) is 3.59. The second-order valence-corrected chi connectivity index (χ2v) is 9.92. The Bertz CT molecular complexity index is 1090. The van der Waals surface area contributed by atoms with Crippen molar-refractivity contribution in [1.29, 1.82) is 0 Å². The Morgan fingerprint density at radius 1 is 1.00 bits per heavy atom. The van der Waals surface area contributed by atoms with Crippen LogP contribution < -0.4 is 10.6 Å². The molecule has 2 heterocycles. The van der Waals surface area contributed by atoms with Gasteiger partial charge in [0.05, 0.1) is 22.3 Å². The van der Waals surface area contributed by atoms with Crippen molar-refractivity contribution in [3.63, 3.8) is 0 Å². The fraction of sp³-hybridized carbons (Fsp3) is 0.391. The van der Waals surface area contributed by atoms with Crippen LogP contribution in [0.5, 0.6) is 0 Å². The minimum Gasteiger partial charge on any atom is -0.376 e. The Morgan fingerprint density at radius 2 is 1.78 bits per heavy atom. The van der Waals surface area contributed by atoms with Crippen molar-refractivity contribution in [3.8, 4) is 0 Å². The molecule has 2 N–H and O–H groups in total. The molecule has 2 aromatic rings. The van der Waals surface area contributed by atoms with E-state index in [2.05, 4.69) is 10.6 Å². The molecule has 0 saturated carbocycles. The molecule has 2 saturated heterocycles. The third kappa shape index (κ3) is 5.01. The lowest BCUT2D eigenvalue weighted by atomic mass is 10.1. The van der Waals surface area contributed by atoms with Gasteiger partial charge in [0.15, 0.2) is 0 Å². The number of sulfonamides is 1. The van der Waals surface area contributed by atoms with Gasteiger partial charge in [-0.2, -0.15) is 4.31 Å². The smallest absolute Gasteiger partial charge is 0.255 e. The molecule has 9 heteroatoms. The first-order chi connectivity index (χ1) is 15.4. The van der Waals surface area contributed by atoms with E-state index in [1.165, 1.54) is 16.4 Å². The van der Waals surface area contributed by atoms with E-state index in [0.29, 0.717) is 37.5 Å². The lowest BCUT2D eigenvalue weighted by molar-refractivity contribution is 0.0858. The van der Waals surface area contributed by atoms with E-state index < -0.39 is 15.9 Å². The molecule has 170 valence electrons. The van der Waals surface area contributed by atoms with Gasteiger partial charge in [-0.15, -0.1) is 0 Å². The highest BCUT2D eigenvalue weighted by Gasteiger charge is 2.27. The number of nitrogens with zero attached hydrogens (tertiary/aromatic N) is 1. The average molecular weight is 458 g/mol. The molecular formula is C23H27N3O5S. The minimum atomic E-state index is -3.63. The normalized spacial score (nSPS) is 19.1. The summed E-state index contributed by atoms with van der Waals surface area (Å²) in [5.74, 6) is -0.787. The van der Waals surface area contributed by atoms with Crippen LogP contribution in [-0.2, 0) is 14.8 Å². The Kier molecular flexibility index (Phi) is 6.88. The van der Waals surface area contributed by atoms with Crippen molar-refractivity contribution in [2.24, 2.45) is 0 Å². The van der Waals surface area contributed by atoms with Crippen molar-refractivity contribution in [3.05, 3.63) is 59.7 Å². The van der Waals surface area contributed by atoms with Crippen molar-refractivity contribution in [1.82, 2.24) is 9.62 Å². The van der Waals surface area contributed by atoms with Gasteiger partial charge in [-0.3, -0.25) is 9.59 Å². The second kappa shape index (κ2) is 9.81. The molecule has 8 nitrogen and oxygen atoms in total. The maximum absolute atomic E-state index is 12.9. The Hall–Kier alpha value is -2.75. The highest BCUT2D eigenvalue weighted by Crippen LogP contribution is 2.23. The summed E-state index contributed by atoms with van der Waals surface area (Å²) in [4.78, 5) is 25.6. The molecule has 32 heavy (non-hydrogen) atoms. The molecule has 2 amide bonds. The van der Waals surface area contributed by atoms with Gasteiger partial charge in [0, 0.05) is 31.8 Å². The Morgan fingerprint density at radius 3 is 2.53 bits per heavy atom. The van der Waals surface area contributed by atoms with Gasteiger partial charge >= 0.3 is 0 Å². The standard InChI is InChI=1S/C23H27N3O5S/c27-22(17-7-5-9-19(15-17)32(29,30)26-12-3-4-13-26)25-21-11-2-1-10-20(21)23(28)24-16-18-8-6-14-31-18/h1-2,5,7,9-11,15,18H,3-4,6,8,12-14,16H2,(H,24,28)(H,25,27)/t18-/m1/s1. The van der Waals surface area contributed by atoms with Crippen molar-refractivity contribution < 1.29 is 22.7 Å². The fourth-order valence-corrected chi connectivity index (χ4v) is 5.53. The fourth-order valence-electron chi connectivity index (χ4n) is 3.97. The predicted octanol–water partition coefficient (Wildman–Crippen LogP) is 2.63. The molecule has 2 fully saturated rings. The predicted molar refractivity (Wildman–Crippen MR) is 120 cm³/mol. The van der Waals surface area contributed by atoms with Crippen LogP contribution in [0.2, 0.25) is 0 Å². The Labute approximate surface area is 188 Å². The molecule has 2 aliphatic heterocycles. The van der Waals surface area contributed by atoms with Gasteiger partial charge < -0.3 is 15.4 Å². The van der Waals surface area contributed by atoms with Gasteiger partial charge in [-0.05, 0) is 56.0 Å². The summed E-state index contributed by atoms with van der Waals surface area (Å²) in [6.45, 7) is 2.11. The minimum absolute atomic E-state index is 0.0148. The SMILES string of the molecule is O=C(Nc1ccccc1C(=O)NC[C@H]1CCCO1)c1cccc(S(=O)(=O)N2CCCC2)c1. The summed E-state index contributed by atoms with van der Waals surface area (Å²) in [5, 5.41) is 5.60. The molecule has 0 aromatic heterocycles. The monoisotopic (exact) mass is 457 g/mol. The Balaban J connectivity index is 1.48. The molecule has 2 aliphatic rings. The van der Waals surface area contributed by atoms with E-state index in [4.69, 9.17) is 4.74 Å². The van der Waals surface area contributed by atoms with Crippen LogP contribution in [0.1, 0.15) is 46.4 Å². The number of hydrogen-bond acceptors (Lipinski definition) is 5. The number of carbonyl (C=O) groups excluding carboxylic acids is 2. The van der Waals surface area contributed by atoms with Gasteiger partial charge in [-0.25, -0.2) is 8.42 Å². The van der Waals surface area contributed by atoms with Gasteiger partial charge in [-0.1, -0.05) is 18.2 Å². The summed E-state index contributed by atoms with van der Waals surface area (Å²) in [5.41, 5.74) is 0.898. The van der Waals surface area contributed by atoms with E-state index in [9.17, 15) is 18.0 Å².